The quantitative estimate of drug-likeness (QED) is 0.0588. The summed E-state index contributed by atoms with van der Waals surface area (Å²) < 4.78 is 0. The predicted octanol–water partition coefficient (Wildman–Crippen LogP) is 36.0. The maximum Gasteiger partial charge on any atom is 0.0468 e. The number of fused-ring (bicyclic) bond motifs is 7. The van der Waals surface area contributed by atoms with Crippen LogP contribution < -0.4 is 9.80 Å². The molecule has 0 aliphatic carbocycles. The van der Waals surface area contributed by atoms with Crippen LogP contribution in [0.3, 0.4) is 0 Å². The molecule has 23 aromatic rings. The third kappa shape index (κ3) is 14.8. The van der Waals surface area contributed by atoms with E-state index in [1.54, 1.807) is 0 Å². The first-order valence-corrected chi connectivity index (χ1v) is 44.8. The van der Waals surface area contributed by atoms with E-state index >= 15 is 0 Å². The van der Waals surface area contributed by atoms with Crippen LogP contribution in [0.25, 0.3) is 200 Å². The van der Waals surface area contributed by atoms with Crippen molar-refractivity contribution in [3.05, 3.63) is 520 Å². The van der Waals surface area contributed by atoms with E-state index in [1.165, 1.54) is 164 Å². The fourth-order valence-corrected chi connectivity index (χ4v) is 19.7. The van der Waals surface area contributed by atoms with Crippen LogP contribution in [0.15, 0.2) is 497 Å². The molecule has 0 amide bonds. The minimum absolute atomic E-state index is 1.07. The molecule has 0 fully saturated rings. The molecule has 0 heterocycles. The van der Waals surface area contributed by atoms with Crippen LogP contribution >= 0.6 is 0 Å². The highest BCUT2D eigenvalue weighted by Gasteiger charge is 2.23. The van der Waals surface area contributed by atoms with Crippen molar-refractivity contribution in [2.45, 2.75) is 0 Å². The molecule has 23 aromatic carbocycles. The van der Waals surface area contributed by atoms with Crippen LogP contribution in [0.4, 0.5) is 34.1 Å². The number of anilines is 6. The van der Waals surface area contributed by atoms with Gasteiger partial charge in [-0.25, -0.2) is 0 Å². The van der Waals surface area contributed by atoms with Crippen molar-refractivity contribution in [2.75, 3.05) is 9.80 Å². The van der Waals surface area contributed by atoms with Gasteiger partial charge in [0.2, 0.25) is 0 Å². The van der Waals surface area contributed by atoms with Gasteiger partial charge in [0.05, 0.1) is 0 Å². The smallest absolute Gasteiger partial charge is 0.0468 e. The summed E-state index contributed by atoms with van der Waals surface area (Å²) >= 11 is 0. The molecule has 0 spiro atoms. The molecule has 2 nitrogen and oxygen atoms in total. The van der Waals surface area contributed by atoms with Crippen LogP contribution in [0.2, 0.25) is 0 Å². The monoisotopic (exact) mass is 1650 g/mol. The highest BCUT2D eigenvalue weighted by Crippen LogP contribution is 2.49. The van der Waals surface area contributed by atoms with E-state index < -0.39 is 0 Å². The Morgan fingerprint density at radius 2 is 0.362 bits per heavy atom. The van der Waals surface area contributed by atoms with Crippen molar-refractivity contribution >= 4 is 134 Å². The van der Waals surface area contributed by atoms with Crippen LogP contribution in [-0.2, 0) is 0 Å². The summed E-state index contributed by atoms with van der Waals surface area (Å²) in [7, 11) is 0. The van der Waals surface area contributed by atoms with Crippen molar-refractivity contribution in [1.29, 1.82) is 0 Å². The number of benzene rings is 23. The van der Waals surface area contributed by atoms with Gasteiger partial charge >= 0.3 is 0 Å². The predicted molar refractivity (Wildman–Crippen MR) is 558 cm³/mol. The Hall–Kier alpha value is -17.0. The second-order valence-electron chi connectivity index (χ2n) is 33.7. The van der Waals surface area contributed by atoms with E-state index in [2.05, 4.69) is 532 Å². The van der Waals surface area contributed by atoms with E-state index in [0.29, 0.717) is 0 Å². The largest absolute Gasteiger partial charge is 0.311 e. The number of para-hydroxylation sites is 1. The second kappa shape index (κ2) is 34.1. The molecule has 23 rings (SSSR count). The summed E-state index contributed by atoms with van der Waals surface area (Å²) in [5.74, 6) is 0. The van der Waals surface area contributed by atoms with Gasteiger partial charge in [-0.15, -0.1) is 0 Å². The Bertz CT molecular complexity index is 8120. The first-order valence-electron chi connectivity index (χ1n) is 44.8. The molecule has 0 N–H and O–H groups in total. The molecular weight excluding hydrogens is 1570 g/mol. The fourth-order valence-electron chi connectivity index (χ4n) is 19.7. The maximum atomic E-state index is 2.38. The average Bonchev–Trinajstić information content (AvgIpc) is 0.734. The lowest BCUT2D eigenvalue weighted by atomic mass is 9.86. The van der Waals surface area contributed by atoms with Gasteiger partial charge in [0, 0.05) is 34.1 Å². The first-order chi connectivity index (χ1) is 64.5. The molecule has 0 aliphatic rings. The topological polar surface area (TPSA) is 6.48 Å². The van der Waals surface area contributed by atoms with Crippen molar-refractivity contribution in [3.8, 4) is 100 Å². The lowest BCUT2D eigenvalue weighted by molar-refractivity contribution is 1.28. The van der Waals surface area contributed by atoms with Crippen LogP contribution in [0.5, 0.6) is 0 Å². The zero-order valence-corrected chi connectivity index (χ0v) is 71.5. The zero-order valence-electron chi connectivity index (χ0n) is 71.5. The second-order valence-corrected chi connectivity index (χ2v) is 33.7. The SMILES string of the molecule is C(=Cc1ccc(-c2ccccc2)c2ccccc12)c1ccc(-c2c3ccccc3c(-c3ccc(N(c4ccc(-c5ccccc5)cc4)c4ccc(-c5ccc(-c6ccc7cc(N(c8ccccc8)c8ccc(-c9c%10ccccc%10c(-c%10ccc(C=Cc%11ccc(-c%12ccccc%12)c%12ccccc%11%12)cc%10)c%10ccccc9%10)cc8)ccc7c6)cc5)cc4)cc3)c3ccccc23)cc1. The minimum atomic E-state index is 1.07. The Labute approximate surface area is 758 Å². The molecule has 130 heavy (non-hydrogen) atoms. The normalized spacial score (nSPS) is 11.6. The van der Waals surface area contributed by atoms with Crippen LogP contribution in [0.1, 0.15) is 22.3 Å². The summed E-state index contributed by atoms with van der Waals surface area (Å²) in [5, 5.41) is 17.1. The number of nitrogens with zero attached hydrogens (tertiary/aromatic N) is 2. The van der Waals surface area contributed by atoms with Gasteiger partial charge in [-0.05, 0) is 277 Å². The molecule has 0 saturated carbocycles. The first kappa shape index (κ1) is 77.7. The lowest BCUT2D eigenvalue weighted by Crippen LogP contribution is -2.09. The van der Waals surface area contributed by atoms with Crippen LogP contribution in [-0.4, -0.2) is 0 Å². The van der Waals surface area contributed by atoms with E-state index in [4.69, 9.17) is 0 Å². The average molecular weight is 1650 g/mol. The Morgan fingerprint density at radius 1 is 0.131 bits per heavy atom. The third-order valence-electron chi connectivity index (χ3n) is 26.1. The molecule has 0 bridgehead atoms. The van der Waals surface area contributed by atoms with Crippen molar-refractivity contribution in [2.24, 2.45) is 0 Å². The highest BCUT2D eigenvalue weighted by molar-refractivity contribution is 6.23. The molecule has 0 saturated heterocycles. The molecule has 0 aromatic heterocycles. The third-order valence-corrected chi connectivity index (χ3v) is 26.1. The molecule has 0 unspecified atom stereocenters. The standard InChI is InChI=1S/C128H86N2/c1-5-25-89(26-6-1)91-63-74-106(75-64-91)129(108-78-67-100(68-79-108)127-121-41-21-17-37-117(121)125(118-38-18-22-42-122(118)127)98-53-47-87(48-54-98)45-51-96-72-83-113(94-27-7-2-8-28-94)115-35-15-13-33-111(96)115)107-76-65-92(66-77-107)90-57-59-93(60-58-90)102-61-62-104-86-110(82-71-103(104)85-102)130(105-31-11-4-12-32-105)109-80-69-101(70-81-109)128-123-43-23-19-39-119(123)126(120-40-20-24-44-124(120)128)99-55-49-88(50-56-99)46-52-97-73-84-114(95-29-9-3-10-30-95)116-36-16-14-34-112(97)116/h1-86H. The summed E-state index contributed by atoms with van der Waals surface area (Å²) in [6.45, 7) is 0. The summed E-state index contributed by atoms with van der Waals surface area (Å²) in [4.78, 5) is 4.75. The van der Waals surface area contributed by atoms with Crippen molar-refractivity contribution in [3.63, 3.8) is 0 Å². The Kier molecular flexibility index (Phi) is 20.4. The molecule has 0 atom stereocenters. The Morgan fingerprint density at radius 3 is 0.715 bits per heavy atom. The lowest BCUT2D eigenvalue weighted by Gasteiger charge is -2.26. The van der Waals surface area contributed by atoms with E-state index in [0.717, 1.165) is 67.5 Å². The highest BCUT2D eigenvalue weighted by atomic mass is 15.1. The zero-order chi connectivity index (χ0) is 86.2. The summed E-state index contributed by atoms with van der Waals surface area (Å²) in [6.07, 6.45) is 8.99. The number of hydrogen-bond acceptors (Lipinski definition) is 2. The minimum Gasteiger partial charge on any atom is -0.311 e. The molecule has 608 valence electrons. The maximum absolute atomic E-state index is 2.38. The molecule has 0 aliphatic heterocycles. The van der Waals surface area contributed by atoms with Gasteiger partial charge < -0.3 is 9.80 Å². The molecule has 0 radical (unpaired) electrons. The summed E-state index contributed by atoms with van der Waals surface area (Å²) in [6, 6.07) is 182. The van der Waals surface area contributed by atoms with Crippen molar-refractivity contribution in [1.82, 2.24) is 0 Å². The van der Waals surface area contributed by atoms with E-state index in [9.17, 15) is 0 Å². The van der Waals surface area contributed by atoms with Gasteiger partial charge in [-0.2, -0.15) is 0 Å². The molecule has 2 heteroatoms. The van der Waals surface area contributed by atoms with E-state index in [-0.39, 0.29) is 0 Å². The van der Waals surface area contributed by atoms with Crippen molar-refractivity contribution < 1.29 is 0 Å². The number of hydrogen-bond donors (Lipinski definition) is 0. The van der Waals surface area contributed by atoms with Crippen LogP contribution in [0, 0.1) is 0 Å². The molecular formula is C128H86N2. The fraction of sp³-hybridized carbons (Fsp3) is 0. The van der Waals surface area contributed by atoms with Gasteiger partial charge in [0.25, 0.3) is 0 Å². The number of rotatable bonds is 19. The Balaban J connectivity index is 0.503. The van der Waals surface area contributed by atoms with Gasteiger partial charge in [-0.3, -0.25) is 0 Å². The van der Waals surface area contributed by atoms with Gasteiger partial charge in [0.15, 0.2) is 0 Å². The summed E-state index contributed by atoms with van der Waals surface area (Å²) in [5.41, 5.74) is 32.7. The van der Waals surface area contributed by atoms with Gasteiger partial charge in [0.1, 0.15) is 0 Å². The van der Waals surface area contributed by atoms with Gasteiger partial charge in [-0.1, -0.05) is 443 Å². The van der Waals surface area contributed by atoms with E-state index in [1.807, 2.05) is 0 Å².